The number of halogens is 2. The van der Waals surface area contributed by atoms with Crippen molar-refractivity contribution < 1.29 is 13.4 Å². The maximum absolute atomic E-state index is 13.8. The maximum Gasteiger partial charge on any atom is 0.258 e. The van der Waals surface area contributed by atoms with Gasteiger partial charge < -0.3 is 10.7 Å². The molecule has 0 spiro atoms. The topological polar surface area (TPSA) is 147 Å². The van der Waals surface area contributed by atoms with Crippen LogP contribution < -0.4 is 5.73 Å². The third kappa shape index (κ3) is 7.76. The average molecular weight is 589 g/mol. The molecule has 1 atom stereocenters. The molecule has 4 N–H and O–H groups in total. The van der Waals surface area contributed by atoms with E-state index in [0.29, 0.717) is 37.6 Å². The first-order valence-electron chi connectivity index (χ1n) is 11.9. The van der Waals surface area contributed by atoms with Gasteiger partial charge in [0.25, 0.3) is 5.91 Å². The fourth-order valence-electron chi connectivity index (χ4n) is 3.72. The van der Waals surface area contributed by atoms with Gasteiger partial charge in [-0.15, -0.1) is 11.3 Å². The number of carbonyl (C=O) groups excluding carboxylic acids is 1. The highest BCUT2D eigenvalue weighted by Gasteiger charge is 2.12. The number of aromatic nitrogens is 6. The zero-order valence-electron chi connectivity index (χ0n) is 20.9. The van der Waals surface area contributed by atoms with Gasteiger partial charge >= 0.3 is 0 Å². The first-order chi connectivity index (χ1) is 18.8. The lowest BCUT2D eigenvalue weighted by Crippen LogP contribution is -2.30. The van der Waals surface area contributed by atoms with E-state index in [4.69, 9.17) is 17.3 Å². The van der Waals surface area contributed by atoms with Crippen LogP contribution in [0.5, 0.6) is 0 Å². The van der Waals surface area contributed by atoms with Crippen LogP contribution in [0.25, 0.3) is 33.9 Å². The molecule has 1 unspecified atom stereocenters. The fraction of sp³-hybridized carbons (Fsp3) is 0.240. The number of thiophene rings is 1. The lowest BCUT2D eigenvalue weighted by molar-refractivity contribution is 0.100. The lowest BCUT2D eigenvalue weighted by atomic mass is 10.2. The van der Waals surface area contributed by atoms with Gasteiger partial charge in [0.05, 0.1) is 43.0 Å². The summed E-state index contributed by atoms with van der Waals surface area (Å²) >= 11 is 6.70. The molecule has 1 aromatic carbocycles. The smallest absolute Gasteiger partial charge is 0.258 e. The first-order valence-corrected chi connectivity index (χ1v) is 14.6. The predicted octanol–water partition coefficient (Wildman–Crippen LogP) is 4.82. The number of pyridine rings is 1. The number of hydrogen-bond acceptors (Lipinski definition) is 7. The van der Waals surface area contributed by atoms with E-state index in [0.717, 1.165) is 18.6 Å². The molecular weight excluding hydrogens is 563 g/mol. The van der Waals surface area contributed by atoms with Gasteiger partial charge in [-0.3, -0.25) is 14.9 Å². The number of H-pyrrole nitrogens is 2. The van der Waals surface area contributed by atoms with Crippen LogP contribution >= 0.6 is 22.9 Å². The van der Waals surface area contributed by atoms with E-state index in [1.807, 2.05) is 4.31 Å². The highest BCUT2D eigenvalue weighted by molar-refractivity contribution is 7.81. The minimum Gasteiger partial charge on any atom is -0.365 e. The van der Waals surface area contributed by atoms with Crippen molar-refractivity contribution in [1.29, 1.82) is 0 Å². The summed E-state index contributed by atoms with van der Waals surface area (Å²) in [6.07, 6.45) is 8.57. The van der Waals surface area contributed by atoms with E-state index in [9.17, 15) is 13.4 Å². The van der Waals surface area contributed by atoms with Crippen molar-refractivity contribution in [1.82, 2.24) is 34.4 Å². The van der Waals surface area contributed by atoms with Crippen LogP contribution in [-0.2, 0) is 11.0 Å². The van der Waals surface area contributed by atoms with Crippen LogP contribution in [-0.4, -0.2) is 63.9 Å². The van der Waals surface area contributed by atoms with Crippen molar-refractivity contribution in [2.24, 2.45) is 5.73 Å². The molecule has 1 aliphatic heterocycles. The zero-order valence-corrected chi connectivity index (χ0v) is 23.3. The van der Waals surface area contributed by atoms with Gasteiger partial charge in [-0.2, -0.15) is 5.10 Å². The largest absolute Gasteiger partial charge is 0.365 e. The van der Waals surface area contributed by atoms with E-state index in [-0.39, 0.29) is 5.82 Å². The summed E-state index contributed by atoms with van der Waals surface area (Å²) in [6.45, 7) is 2.06. The molecule has 6 rings (SSSR count). The Morgan fingerprint density at radius 1 is 1.13 bits per heavy atom. The van der Waals surface area contributed by atoms with Gasteiger partial charge in [0.1, 0.15) is 23.7 Å². The van der Waals surface area contributed by atoms with Crippen molar-refractivity contribution in [2.75, 3.05) is 19.3 Å². The summed E-state index contributed by atoms with van der Waals surface area (Å²) in [4.78, 5) is 26.7. The second kappa shape index (κ2) is 13.5. The molecule has 1 aliphatic rings. The molecular formula is C25H26ClFN8O2S2. The Balaban J connectivity index is 0.000000162. The van der Waals surface area contributed by atoms with Crippen molar-refractivity contribution in [3.63, 3.8) is 0 Å². The average Bonchev–Trinajstić information content (AvgIpc) is 3.71. The molecule has 10 nitrogen and oxygen atoms in total. The monoisotopic (exact) mass is 588 g/mol. The number of nitrogens with two attached hydrogens (primary N) is 1. The maximum atomic E-state index is 13.8. The van der Waals surface area contributed by atoms with Crippen LogP contribution in [0.2, 0.25) is 4.34 Å². The van der Waals surface area contributed by atoms with E-state index in [1.54, 1.807) is 48.9 Å². The predicted molar refractivity (Wildman–Crippen MR) is 152 cm³/mol. The van der Waals surface area contributed by atoms with Gasteiger partial charge in [-0.1, -0.05) is 30.2 Å². The van der Waals surface area contributed by atoms with Crippen LogP contribution in [0.3, 0.4) is 0 Å². The second-order valence-electron chi connectivity index (χ2n) is 8.37. The molecule has 14 heteroatoms. The number of nitrogens with one attached hydrogen (secondary N) is 2. The number of piperidine rings is 1. The van der Waals surface area contributed by atoms with Crippen molar-refractivity contribution in [2.45, 2.75) is 19.3 Å². The normalized spacial score (nSPS) is 14.1. The summed E-state index contributed by atoms with van der Waals surface area (Å²) in [6, 6.07) is 11.5. The molecule has 0 saturated carbocycles. The molecule has 5 aromatic rings. The van der Waals surface area contributed by atoms with E-state index in [2.05, 4.69) is 30.1 Å². The number of imidazole rings is 1. The van der Waals surface area contributed by atoms with Crippen LogP contribution in [0, 0.1) is 5.82 Å². The number of fused-ring (bicyclic) bond motifs is 1. The summed E-state index contributed by atoms with van der Waals surface area (Å²) in [5.74, 6) is 0.291. The van der Waals surface area contributed by atoms with Gasteiger partial charge in [0.2, 0.25) is 0 Å². The summed E-state index contributed by atoms with van der Waals surface area (Å²) in [7, 11) is -0.719. The Bertz CT molecular complexity index is 1550. The highest BCUT2D eigenvalue weighted by atomic mass is 35.5. The molecule has 204 valence electrons. The molecule has 5 heterocycles. The summed E-state index contributed by atoms with van der Waals surface area (Å²) in [5.41, 5.74) is 7.42. The molecule has 0 radical (unpaired) electrons. The van der Waals surface area contributed by atoms with E-state index in [1.165, 1.54) is 43.0 Å². The molecule has 0 bridgehead atoms. The Hall–Kier alpha value is -3.52. The number of hydrogen-bond donors (Lipinski definition) is 3. The van der Waals surface area contributed by atoms with Crippen LogP contribution in [0.15, 0.2) is 55.0 Å². The van der Waals surface area contributed by atoms with E-state index < -0.39 is 16.9 Å². The van der Waals surface area contributed by atoms with Crippen LogP contribution in [0.1, 0.15) is 28.9 Å². The zero-order chi connectivity index (χ0) is 27.8. The Morgan fingerprint density at radius 2 is 1.90 bits per heavy atom. The number of rotatable bonds is 4. The summed E-state index contributed by atoms with van der Waals surface area (Å²) < 4.78 is 27.3. The van der Waals surface area contributed by atoms with Crippen molar-refractivity contribution >= 4 is 50.9 Å². The Labute approximate surface area is 235 Å². The van der Waals surface area contributed by atoms with Crippen molar-refractivity contribution in [3.05, 3.63) is 70.0 Å². The highest BCUT2D eigenvalue weighted by Crippen LogP contribution is 2.24. The van der Waals surface area contributed by atoms with Gasteiger partial charge in [0, 0.05) is 19.3 Å². The Morgan fingerprint density at radius 3 is 2.46 bits per heavy atom. The molecule has 1 fully saturated rings. The molecule has 1 amide bonds. The quantitative estimate of drug-likeness (QED) is 0.274. The number of benzene rings is 1. The number of amides is 1. The minimum absolute atomic E-state index is 0.319. The third-order valence-electron chi connectivity index (χ3n) is 5.65. The standard InChI is InChI=1S/C14H9FN6.C6H13NOS.C5H4ClNOS/c15-9-4-2-1-3-8(9)13-19-10-5-11(14-17-7-18-21-14)16-6-12(10)20-13;1-9(8)7-5-3-2-4-6-7;6-4-2-1-3(9-4)5(7)8/h1-7H,(H,19,20)(H,17,18,21);2-6H2,1H3;1-2H,(H2,7,8). The lowest BCUT2D eigenvalue weighted by Gasteiger charge is -2.22. The van der Waals surface area contributed by atoms with Gasteiger partial charge in [0.15, 0.2) is 5.82 Å². The number of aromatic amines is 2. The van der Waals surface area contributed by atoms with E-state index >= 15 is 0 Å². The SMILES string of the molecule is CS(=O)N1CCCCC1.Fc1ccccc1-c1nc2cc(-c3ncn[nH]3)ncc2[nH]1.NC(=O)c1ccc(Cl)s1. The van der Waals surface area contributed by atoms with Gasteiger partial charge in [-0.25, -0.2) is 22.9 Å². The molecule has 0 aliphatic carbocycles. The Kier molecular flexibility index (Phi) is 9.87. The van der Waals surface area contributed by atoms with Gasteiger partial charge in [-0.05, 0) is 43.2 Å². The minimum atomic E-state index is -0.719. The fourth-order valence-corrected chi connectivity index (χ4v) is 5.39. The second-order valence-corrected chi connectivity index (χ2v) is 11.4. The molecule has 39 heavy (non-hydrogen) atoms. The van der Waals surface area contributed by atoms with Crippen molar-refractivity contribution in [3.8, 4) is 22.9 Å². The molecule has 1 saturated heterocycles. The van der Waals surface area contributed by atoms with Crippen LogP contribution in [0.4, 0.5) is 4.39 Å². The number of primary amides is 1. The molecule has 4 aromatic heterocycles. The number of nitrogens with zero attached hydrogens (tertiary/aromatic N) is 5. The number of carbonyl (C=O) groups is 1. The first kappa shape index (κ1) is 28.5. The third-order valence-corrected chi connectivity index (χ3v) is 7.99. The summed E-state index contributed by atoms with van der Waals surface area (Å²) in [5, 5.41) is 6.53.